The highest BCUT2D eigenvalue weighted by Gasteiger charge is 2.20. The Morgan fingerprint density at radius 3 is 2.46 bits per heavy atom. The van der Waals surface area contributed by atoms with Gasteiger partial charge in [-0.25, -0.2) is 5.43 Å². The average molecular weight is 369 g/mol. The lowest BCUT2D eigenvalue weighted by Crippen LogP contribution is -2.29. The Balaban J connectivity index is 1.56. The molecule has 0 bridgehead atoms. The van der Waals surface area contributed by atoms with Crippen molar-refractivity contribution in [3.05, 3.63) is 52.2 Å². The second-order valence-corrected chi connectivity index (χ2v) is 7.46. The maximum absolute atomic E-state index is 12.2. The predicted octanol–water partition coefficient (Wildman–Crippen LogP) is 4.42. The van der Waals surface area contributed by atoms with Gasteiger partial charge in [-0.05, 0) is 48.9 Å². The molecule has 1 aromatic heterocycles. The lowest BCUT2D eigenvalue weighted by atomic mass is 9.89. The van der Waals surface area contributed by atoms with Crippen LogP contribution in [-0.2, 0) is 4.79 Å². The molecule has 5 nitrogen and oxygen atoms in total. The topological polar surface area (TPSA) is 70.6 Å². The molecule has 0 spiro atoms. The first-order valence-corrected chi connectivity index (χ1v) is 9.81. The van der Waals surface area contributed by atoms with Gasteiger partial charge in [0.25, 0.3) is 5.91 Å². The minimum Gasteiger partial charge on any atom is -0.321 e. The van der Waals surface area contributed by atoms with Gasteiger partial charge in [0.2, 0.25) is 5.91 Å². The summed E-state index contributed by atoms with van der Waals surface area (Å²) in [6.07, 6.45) is 5.39. The fourth-order valence-electron chi connectivity index (χ4n) is 3.05. The largest absolute Gasteiger partial charge is 0.321 e. The van der Waals surface area contributed by atoms with Crippen LogP contribution in [0, 0.1) is 5.92 Å². The molecule has 0 atom stereocenters. The quantitative estimate of drug-likeness (QED) is 0.605. The molecular weight excluding hydrogens is 346 g/mol. The van der Waals surface area contributed by atoms with Crippen molar-refractivity contribution in [2.75, 3.05) is 5.32 Å². The molecule has 1 fully saturated rings. The first kappa shape index (κ1) is 18.3. The van der Waals surface area contributed by atoms with E-state index in [1.807, 2.05) is 42.6 Å². The fraction of sp³-hybridized carbons (Fsp3) is 0.350. The first-order valence-electron chi connectivity index (χ1n) is 8.93. The number of rotatable bonds is 5. The van der Waals surface area contributed by atoms with Crippen molar-refractivity contribution >= 4 is 34.6 Å². The molecule has 26 heavy (non-hydrogen) atoms. The van der Waals surface area contributed by atoms with Crippen molar-refractivity contribution in [1.82, 2.24) is 5.43 Å². The predicted molar refractivity (Wildman–Crippen MR) is 106 cm³/mol. The number of amides is 2. The van der Waals surface area contributed by atoms with Crippen LogP contribution in [-0.4, -0.2) is 17.5 Å². The monoisotopic (exact) mass is 369 g/mol. The van der Waals surface area contributed by atoms with E-state index >= 15 is 0 Å². The summed E-state index contributed by atoms with van der Waals surface area (Å²) in [6, 6.07) is 11.1. The molecule has 3 rings (SSSR count). The molecule has 2 aromatic rings. The molecule has 6 heteroatoms. The van der Waals surface area contributed by atoms with Gasteiger partial charge in [-0.15, -0.1) is 11.3 Å². The molecule has 1 saturated carbocycles. The molecule has 1 aliphatic rings. The van der Waals surface area contributed by atoms with Crippen molar-refractivity contribution in [2.24, 2.45) is 11.0 Å². The number of nitrogens with one attached hydrogen (secondary N) is 2. The van der Waals surface area contributed by atoms with Gasteiger partial charge < -0.3 is 5.32 Å². The van der Waals surface area contributed by atoms with Crippen LogP contribution in [0.5, 0.6) is 0 Å². The fourth-order valence-corrected chi connectivity index (χ4v) is 3.67. The number of carbonyl (C=O) groups excluding carboxylic acids is 2. The molecule has 1 heterocycles. The molecule has 0 radical (unpaired) electrons. The van der Waals surface area contributed by atoms with E-state index < -0.39 is 0 Å². The van der Waals surface area contributed by atoms with Crippen LogP contribution in [0.3, 0.4) is 0 Å². The maximum atomic E-state index is 12.2. The van der Waals surface area contributed by atoms with Crippen LogP contribution < -0.4 is 10.7 Å². The van der Waals surface area contributed by atoms with E-state index in [2.05, 4.69) is 15.8 Å². The van der Waals surface area contributed by atoms with E-state index in [0.717, 1.165) is 42.6 Å². The standard InChI is InChI=1S/C20H23N3O2S/c1-14(22-23-19(24)16-6-3-2-4-7-16)15-9-11-17(12-10-15)21-20(25)18-8-5-13-26-18/h5,8-13,16H,2-4,6-7H2,1H3,(H,21,25)(H,23,24). The third-order valence-electron chi connectivity index (χ3n) is 4.62. The Hall–Kier alpha value is -2.47. The second kappa shape index (κ2) is 8.76. The van der Waals surface area contributed by atoms with Crippen molar-refractivity contribution < 1.29 is 9.59 Å². The smallest absolute Gasteiger partial charge is 0.265 e. The summed E-state index contributed by atoms with van der Waals surface area (Å²) in [5, 5.41) is 8.97. The number of hydrogen-bond donors (Lipinski definition) is 2. The van der Waals surface area contributed by atoms with Crippen molar-refractivity contribution in [1.29, 1.82) is 0 Å². The summed E-state index contributed by atoms with van der Waals surface area (Å²) in [4.78, 5) is 24.9. The summed E-state index contributed by atoms with van der Waals surface area (Å²) in [6.45, 7) is 1.86. The first-order chi connectivity index (χ1) is 12.6. The van der Waals surface area contributed by atoms with Crippen LogP contribution >= 0.6 is 11.3 Å². The Morgan fingerprint density at radius 1 is 1.08 bits per heavy atom. The normalized spacial score (nSPS) is 15.5. The van der Waals surface area contributed by atoms with Crippen LogP contribution in [0.4, 0.5) is 5.69 Å². The molecule has 1 aromatic carbocycles. The van der Waals surface area contributed by atoms with Gasteiger partial charge in [0.15, 0.2) is 0 Å². The minimum atomic E-state index is -0.113. The molecule has 2 amide bonds. The SMILES string of the molecule is CC(=NNC(=O)C1CCCCC1)c1ccc(NC(=O)c2cccs2)cc1. The van der Waals surface area contributed by atoms with Gasteiger partial charge in [-0.3, -0.25) is 9.59 Å². The molecule has 0 saturated heterocycles. The summed E-state index contributed by atoms with van der Waals surface area (Å²) >= 11 is 1.41. The maximum Gasteiger partial charge on any atom is 0.265 e. The van der Waals surface area contributed by atoms with E-state index in [-0.39, 0.29) is 17.7 Å². The zero-order valence-corrected chi connectivity index (χ0v) is 15.6. The van der Waals surface area contributed by atoms with Gasteiger partial charge in [0.1, 0.15) is 0 Å². The lowest BCUT2D eigenvalue weighted by Gasteiger charge is -2.19. The van der Waals surface area contributed by atoms with E-state index in [4.69, 9.17) is 0 Å². The van der Waals surface area contributed by atoms with Gasteiger partial charge in [-0.2, -0.15) is 5.10 Å². The number of hydrogen-bond acceptors (Lipinski definition) is 4. The number of benzene rings is 1. The Morgan fingerprint density at radius 2 is 1.81 bits per heavy atom. The average Bonchev–Trinajstić information content (AvgIpc) is 3.22. The van der Waals surface area contributed by atoms with E-state index in [1.165, 1.54) is 17.8 Å². The van der Waals surface area contributed by atoms with E-state index in [0.29, 0.717) is 4.88 Å². The van der Waals surface area contributed by atoms with Crippen LogP contribution in [0.1, 0.15) is 54.3 Å². The number of nitrogens with zero attached hydrogens (tertiary/aromatic N) is 1. The lowest BCUT2D eigenvalue weighted by molar-refractivity contribution is -0.125. The third kappa shape index (κ3) is 4.79. The summed E-state index contributed by atoms with van der Waals surface area (Å²) in [5.41, 5.74) is 5.07. The van der Waals surface area contributed by atoms with Crippen LogP contribution in [0.2, 0.25) is 0 Å². The Bertz CT molecular complexity index is 776. The summed E-state index contributed by atoms with van der Waals surface area (Å²) < 4.78 is 0. The molecule has 0 unspecified atom stereocenters. The Labute approximate surface area is 157 Å². The number of thiophene rings is 1. The van der Waals surface area contributed by atoms with Crippen molar-refractivity contribution in [2.45, 2.75) is 39.0 Å². The van der Waals surface area contributed by atoms with Gasteiger partial charge in [-0.1, -0.05) is 37.5 Å². The van der Waals surface area contributed by atoms with Crippen molar-refractivity contribution in [3.63, 3.8) is 0 Å². The van der Waals surface area contributed by atoms with Gasteiger partial charge in [0.05, 0.1) is 10.6 Å². The van der Waals surface area contributed by atoms with Gasteiger partial charge >= 0.3 is 0 Å². The zero-order chi connectivity index (χ0) is 18.4. The second-order valence-electron chi connectivity index (χ2n) is 6.52. The number of hydrazone groups is 1. The van der Waals surface area contributed by atoms with Crippen molar-refractivity contribution in [3.8, 4) is 0 Å². The third-order valence-corrected chi connectivity index (χ3v) is 5.48. The summed E-state index contributed by atoms with van der Waals surface area (Å²) in [7, 11) is 0. The van der Waals surface area contributed by atoms with E-state index in [1.54, 1.807) is 6.07 Å². The molecule has 136 valence electrons. The molecule has 2 N–H and O–H groups in total. The van der Waals surface area contributed by atoms with E-state index in [9.17, 15) is 9.59 Å². The highest BCUT2D eigenvalue weighted by atomic mass is 32.1. The molecule has 0 aliphatic heterocycles. The minimum absolute atomic E-state index is 0.0175. The summed E-state index contributed by atoms with van der Waals surface area (Å²) in [5.74, 6) is -0.00287. The zero-order valence-electron chi connectivity index (χ0n) is 14.8. The molecule has 1 aliphatic carbocycles. The number of carbonyl (C=O) groups is 2. The Kier molecular flexibility index (Phi) is 6.17. The van der Waals surface area contributed by atoms with Crippen LogP contribution in [0.15, 0.2) is 46.9 Å². The number of anilines is 1. The van der Waals surface area contributed by atoms with Gasteiger partial charge in [0, 0.05) is 11.6 Å². The highest BCUT2D eigenvalue weighted by Crippen LogP contribution is 2.23. The molecular formula is C20H23N3O2S. The van der Waals surface area contributed by atoms with Crippen LogP contribution in [0.25, 0.3) is 0 Å². The highest BCUT2D eigenvalue weighted by molar-refractivity contribution is 7.12.